The zero-order valence-electron chi connectivity index (χ0n) is 12.6. The number of anilines is 2. The Kier molecular flexibility index (Phi) is 7.40. The fourth-order valence-electron chi connectivity index (χ4n) is 1.93. The van der Waals surface area contributed by atoms with E-state index in [1.807, 2.05) is 0 Å². The van der Waals surface area contributed by atoms with Crippen molar-refractivity contribution in [1.82, 2.24) is 4.90 Å². The highest BCUT2D eigenvalue weighted by Crippen LogP contribution is 2.29. The average Bonchev–Trinajstić information content (AvgIpc) is 2.79. The van der Waals surface area contributed by atoms with Crippen LogP contribution in [0.2, 0.25) is 0 Å². The summed E-state index contributed by atoms with van der Waals surface area (Å²) in [6.07, 6.45) is 1.16. The molecule has 0 saturated carbocycles. The van der Waals surface area contributed by atoms with E-state index in [-0.39, 0.29) is 5.97 Å². The molecule has 114 valence electrons. The van der Waals surface area contributed by atoms with Crippen molar-refractivity contribution >= 4 is 28.0 Å². The van der Waals surface area contributed by atoms with E-state index in [1.54, 1.807) is 13.0 Å². The van der Waals surface area contributed by atoms with Gasteiger partial charge in [-0.3, -0.25) is 0 Å². The fourth-order valence-corrected chi connectivity index (χ4v) is 2.83. The van der Waals surface area contributed by atoms with Crippen molar-refractivity contribution in [3.05, 3.63) is 10.9 Å². The molecule has 6 heteroatoms. The number of nitrogens with two attached hydrogens (primary N) is 1. The van der Waals surface area contributed by atoms with Crippen LogP contribution < -0.4 is 11.1 Å². The van der Waals surface area contributed by atoms with Crippen LogP contribution in [0, 0.1) is 0 Å². The lowest BCUT2D eigenvalue weighted by Gasteiger charge is -2.19. The third-order valence-electron chi connectivity index (χ3n) is 2.94. The average molecular weight is 299 g/mol. The molecular weight excluding hydrogens is 274 g/mol. The van der Waals surface area contributed by atoms with Gasteiger partial charge >= 0.3 is 5.97 Å². The zero-order valence-corrected chi connectivity index (χ0v) is 13.4. The molecule has 1 heterocycles. The van der Waals surface area contributed by atoms with Crippen LogP contribution in [0.5, 0.6) is 0 Å². The van der Waals surface area contributed by atoms with Crippen molar-refractivity contribution in [2.75, 3.05) is 43.8 Å². The van der Waals surface area contributed by atoms with Gasteiger partial charge in [-0.25, -0.2) is 4.79 Å². The van der Waals surface area contributed by atoms with Gasteiger partial charge in [0.2, 0.25) is 0 Å². The summed E-state index contributed by atoms with van der Waals surface area (Å²) in [5.74, 6) is -0.343. The maximum Gasteiger partial charge on any atom is 0.350 e. The number of thiophene rings is 1. The normalized spacial score (nSPS) is 10.8. The lowest BCUT2D eigenvalue weighted by Crippen LogP contribution is -2.29. The molecular formula is C14H25N3O2S. The van der Waals surface area contributed by atoms with E-state index < -0.39 is 0 Å². The summed E-state index contributed by atoms with van der Waals surface area (Å²) in [6, 6.07) is 1.80. The largest absolute Gasteiger partial charge is 0.462 e. The van der Waals surface area contributed by atoms with Gasteiger partial charge in [-0.05, 0) is 32.5 Å². The topological polar surface area (TPSA) is 67.6 Å². The van der Waals surface area contributed by atoms with Crippen molar-refractivity contribution in [1.29, 1.82) is 0 Å². The van der Waals surface area contributed by atoms with Crippen molar-refractivity contribution in [3.8, 4) is 0 Å². The summed E-state index contributed by atoms with van der Waals surface area (Å²) < 4.78 is 4.97. The van der Waals surface area contributed by atoms with E-state index in [0.717, 1.165) is 37.6 Å². The van der Waals surface area contributed by atoms with Gasteiger partial charge in [0.15, 0.2) is 0 Å². The minimum absolute atomic E-state index is 0.343. The number of hydrogen-bond donors (Lipinski definition) is 2. The monoisotopic (exact) mass is 299 g/mol. The molecule has 3 N–H and O–H groups in total. The highest BCUT2D eigenvalue weighted by Gasteiger charge is 2.15. The predicted octanol–water partition coefficient (Wildman–Crippen LogP) is 2.65. The first-order valence-electron chi connectivity index (χ1n) is 7.14. The number of nitrogens with zero attached hydrogens (tertiary/aromatic N) is 1. The Morgan fingerprint density at radius 2 is 2.15 bits per heavy atom. The van der Waals surface area contributed by atoms with Crippen LogP contribution in [0.25, 0.3) is 0 Å². The number of hydrogen-bond acceptors (Lipinski definition) is 6. The number of carbonyl (C=O) groups is 1. The standard InChI is InChI=1S/C14H25N3O2S/c1-4-8-17(5-2)9-7-16-12-10-11(15)13(20-12)14(18)19-6-3/h10,16H,4-9,15H2,1-3H3. The quantitative estimate of drug-likeness (QED) is 0.686. The number of ether oxygens (including phenoxy) is 1. The first-order chi connectivity index (χ1) is 9.62. The Bertz CT molecular complexity index is 421. The second kappa shape index (κ2) is 8.81. The van der Waals surface area contributed by atoms with Gasteiger partial charge < -0.3 is 20.7 Å². The summed E-state index contributed by atoms with van der Waals surface area (Å²) in [4.78, 5) is 14.5. The summed E-state index contributed by atoms with van der Waals surface area (Å²) >= 11 is 1.35. The van der Waals surface area contributed by atoms with Gasteiger partial charge in [-0.1, -0.05) is 13.8 Å². The number of esters is 1. The smallest absolute Gasteiger partial charge is 0.350 e. The van der Waals surface area contributed by atoms with Gasteiger partial charge in [0.05, 0.1) is 17.3 Å². The second-order valence-electron chi connectivity index (χ2n) is 4.48. The third-order valence-corrected chi connectivity index (χ3v) is 4.02. The lowest BCUT2D eigenvalue weighted by atomic mass is 10.4. The molecule has 1 aromatic rings. The highest BCUT2D eigenvalue weighted by atomic mass is 32.1. The van der Waals surface area contributed by atoms with E-state index in [0.29, 0.717) is 17.2 Å². The molecule has 0 aliphatic carbocycles. The summed E-state index contributed by atoms with van der Waals surface area (Å²) in [6.45, 7) is 10.5. The highest BCUT2D eigenvalue weighted by molar-refractivity contribution is 7.18. The molecule has 5 nitrogen and oxygen atoms in total. The Balaban J connectivity index is 2.49. The van der Waals surface area contributed by atoms with Crippen molar-refractivity contribution in [3.63, 3.8) is 0 Å². The van der Waals surface area contributed by atoms with Crippen LogP contribution in [-0.4, -0.2) is 43.7 Å². The molecule has 0 unspecified atom stereocenters. The van der Waals surface area contributed by atoms with Crippen LogP contribution in [-0.2, 0) is 4.74 Å². The van der Waals surface area contributed by atoms with Crippen molar-refractivity contribution in [2.45, 2.75) is 27.2 Å². The zero-order chi connectivity index (χ0) is 15.0. The molecule has 1 rings (SSSR count). The lowest BCUT2D eigenvalue weighted by molar-refractivity contribution is 0.0533. The number of carbonyl (C=O) groups excluding carboxylic acids is 1. The van der Waals surface area contributed by atoms with Gasteiger partial charge in [0.1, 0.15) is 4.88 Å². The number of nitrogens with one attached hydrogen (secondary N) is 1. The Morgan fingerprint density at radius 1 is 1.40 bits per heavy atom. The summed E-state index contributed by atoms with van der Waals surface area (Å²) in [5, 5.41) is 4.23. The van der Waals surface area contributed by atoms with Gasteiger partial charge in [0, 0.05) is 13.1 Å². The molecule has 0 saturated heterocycles. The molecule has 0 aliphatic rings. The molecule has 0 aromatic carbocycles. The van der Waals surface area contributed by atoms with E-state index >= 15 is 0 Å². The van der Waals surface area contributed by atoms with Crippen LogP contribution >= 0.6 is 11.3 Å². The van der Waals surface area contributed by atoms with Crippen LogP contribution in [0.4, 0.5) is 10.7 Å². The first kappa shape index (κ1) is 16.8. The van der Waals surface area contributed by atoms with Crippen LogP contribution in [0.3, 0.4) is 0 Å². The Labute approximate surface area is 125 Å². The SMILES string of the molecule is CCCN(CC)CCNc1cc(N)c(C(=O)OCC)s1. The maximum atomic E-state index is 11.7. The molecule has 0 spiro atoms. The maximum absolute atomic E-state index is 11.7. The first-order valence-corrected chi connectivity index (χ1v) is 7.96. The van der Waals surface area contributed by atoms with E-state index in [2.05, 4.69) is 24.1 Å². The fraction of sp³-hybridized carbons (Fsp3) is 0.643. The summed E-state index contributed by atoms with van der Waals surface area (Å²) in [5.41, 5.74) is 6.32. The van der Waals surface area contributed by atoms with Crippen LogP contribution in [0.15, 0.2) is 6.07 Å². The van der Waals surface area contributed by atoms with E-state index in [1.165, 1.54) is 11.3 Å². The Hall–Kier alpha value is -1.27. The van der Waals surface area contributed by atoms with E-state index in [4.69, 9.17) is 10.5 Å². The molecule has 20 heavy (non-hydrogen) atoms. The van der Waals surface area contributed by atoms with Gasteiger partial charge in [-0.15, -0.1) is 11.3 Å². The molecule has 0 radical (unpaired) electrons. The predicted molar refractivity (Wildman–Crippen MR) is 85.6 cm³/mol. The minimum Gasteiger partial charge on any atom is -0.462 e. The number of rotatable bonds is 9. The number of likely N-dealkylation sites (N-methyl/N-ethyl adjacent to an activating group) is 1. The van der Waals surface area contributed by atoms with Crippen molar-refractivity contribution in [2.24, 2.45) is 0 Å². The molecule has 0 aliphatic heterocycles. The minimum atomic E-state index is -0.343. The molecule has 0 fully saturated rings. The molecule has 0 atom stereocenters. The number of nitrogen functional groups attached to an aromatic ring is 1. The third kappa shape index (κ3) is 5.02. The second-order valence-corrected chi connectivity index (χ2v) is 5.53. The van der Waals surface area contributed by atoms with Crippen molar-refractivity contribution < 1.29 is 9.53 Å². The summed E-state index contributed by atoms with van der Waals surface area (Å²) in [7, 11) is 0. The van der Waals surface area contributed by atoms with Crippen LogP contribution in [0.1, 0.15) is 36.9 Å². The Morgan fingerprint density at radius 3 is 2.75 bits per heavy atom. The molecule has 1 aromatic heterocycles. The van der Waals surface area contributed by atoms with E-state index in [9.17, 15) is 4.79 Å². The van der Waals surface area contributed by atoms with Gasteiger partial charge in [0.25, 0.3) is 0 Å². The molecule has 0 bridgehead atoms. The van der Waals surface area contributed by atoms with Gasteiger partial charge in [-0.2, -0.15) is 0 Å². The molecule has 0 amide bonds.